The summed E-state index contributed by atoms with van der Waals surface area (Å²) < 4.78 is 10.8. The highest BCUT2D eigenvalue weighted by molar-refractivity contribution is 7.80. The topological polar surface area (TPSA) is 62.8 Å². The Morgan fingerprint density at radius 1 is 1.18 bits per heavy atom. The lowest BCUT2D eigenvalue weighted by Gasteiger charge is -2.26. The Balaban J connectivity index is 1.41. The Labute approximate surface area is 170 Å². The van der Waals surface area contributed by atoms with Gasteiger partial charge in [0, 0.05) is 25.3 Å². The zero-order valence-corrected chi connectivity index (χ0v) is 16.8. The SMILES string of the molecule is Cc1cccc(OCC(=O)NC(=S)Nc2ccc(CN3CCOCC3)cc2)c1. The van der Waals surface area contributed by atoms with Crippen LogP contribution in [0.25, 0.3) is 0 Å². The number of morpholine rings is 1. The fourth-order valence-corrected chi connectivity index (χ4v) is 3.12. The van der Waals surface area contributed by atoms with Crippen LogP contribution in [0.1, 0.15) is 11.1 Å². The van der Waals surface area contributed by atoms with Crippen molar-refractivity contribution in [3.63, 3.8) is 0 Å². The summed E-state index contributed by atoms with van der Waals surface area (Å²) in [7, 11) is 0. The van der Waals surface area contributed by atoms with Crippen molar-refractivity contribution in [1.82, 2.24) is 10.2 Å². The third kappa shape index (κ3) is 6.60. The van der Waals surface area contributed by atoms with Crippen LogP contribution in [0, 0.1) is 6.92 Å². The van der Waals surface area contributed by atoms with Crippen molar-refractivity contribution in [1.29, 1.82) is 0 Å². The molecule has 0 atom stereocenters. The molecule has 0 aliphatic carbocycles. The smallest absolute Gasteiger partial charge is 0.264 e. The van der Waals surface area contributed by atoms with Gasteiger partial charge in [-0.25, -0.2) is 0 Å². The zero-order valence-electron chi connectivity index (χ0n) is 15.9. The molecule has 1 fully saturated rings. The van der Waals surface area contributed by atoms with Gasteiger partial charge >= 0.3 is 0 Å². The van der Waals surface area contributed by atoms with Crippen molar-refractivity contribution in [2.75, 3.05) is 38.2 Å². The molecule has 1 amide bonds. The summed E-state index contributed by atoms with van der Waals surface area (Å²) in [4.78, 5) is 14.4. The number of anilines is 1. The normalized spacial score (nSPS) is 14.3. The molecular weight excluding hydrogens is 374 g/mol. The van der Waals surface area contributed by atoms with Gasteiger partial charge in [0.25, 0.3) is 5.91 Å². The first kappa shape index (κ1) is 20.3. The Morgan fingerprint density at radius 3 is 2.64 bits per heavy atom. The molecule has 2 N–H and O–H groups in total. The molecular formula is C21H25N3O3S. The standard InChI is InChI=1S/C21H25N3O3S/c1-16-3-2-4-19(13-16)27-15-20(25)23-21(28)22-18-7-5-17(6-8-18)14-24-9-11-26-12-10-24/h2-8,13H,9-12,14-15H2,1H3,(H2,22,23,25,28). The van der Waals surface area contributed by atoms with Crippen molar-refractivity contribution in [2.24, 2.45) is 0 Å². The molecule has 2 aromatic carbocycles. The fraction of sp³-hybridized carbons (Fsp3) is 0.333. The van der Waals surface area contributed by atoms with Crippen LogP contribution in [0.5, 0.6) is 5.75 Å². The van der Waals surface area contributed by atoms with Gasteiger partial charge in [0.2, 0.25) is 0 Å². The van der Waals surface area contributed by atoms with E-state index in [4.69, 9.17) is 21.7 Å². The molecule has 0 saturated carbocycles. The Morgan fingerprint density at radius 2 is 1.93 bits per heavy atom. The van der Waals surface area contributed by atoms with Crippen LogP contribution < -0.4 is 15.4 Å². The highest BCUT2D eigenvalue weighted by atomic mass is 32.1. The molecule has 0 radical (unpaired) electrons. The Kier molecular flexibility index (Phi) is 7.36. The lowest BCUT2D eigenvalue weighted by molar-refractivity contribution is -0.121. The molecule has 0 aromatic heterocycles. The highest BCUT2D eigenvalue weighted by Crippen LogP contribution is 2.13. The van der Waals surface area contributed by atoms with Crippen molar-refractivity contribution in [3.05, 3.63) is 59.7 Å². The number of thiocarbonyl (C=S) groups is 1. The van der Waals surface area contributed by atoms with Gasteiger partial charge in [-0.2, -0.15) is 0 Å². The first-order valence-electron chi connectivity index (χ1n) is 9.28. The summed E-state index contributed by atoms with van der Waals surface area (Å²) in [5, 5.41) is 5.90. The largest absolute Gasteiger partial charge is 0.484 e. The van der Waals surface area contributed by atoms with E-state index in [0.717, 1.165) is 44.1 Å². The summed E-state index contributed by atoms with van der Waals surface area (Å²) >= 11 is 5.21. The van der Waals surface area contributed by atoms with Gasteiger partial charge in [-0.05, 0) is 54.5 Å². The summed E-state index contributed by atoms with van der Waals surface area (Å²) in [6.45, 7) is 6.28. The average Bonchev–Trinajstić information content (AvgIpc) is 2.69. The second kappa shape index (κ2) is 10.2. The summed E-state index contributed by atoms with van der Waals surface area (Å²) in [5.41, 5.74) is 3.14. The Hall–Kier alpha value is -2.48. The lowest BCUT2D eigenvalue weighted by Crippen LogP contribution is -2.37. The zero-order chi connectivity index (χ0) is 19.8. The van der Waals surface area contributed by atoms with Crippen LogP contribution in [0.4, 0.5) is 5.69 Å². The minimum Gasteiger partial charge on any atom is -0.484 e. The fourth-order valence-electron chi connectivity index (χ4n) is 2.89. The van der Waals surface area contributed by atoms with Gasteiger partial charge in [0.1, 0.15) is 5.75 Å². The molecule has 0 bridgehead atoms. The second-order valence-electron chi connectivity index (χ2n) is 6.69. The van der Waals surface area contributed by atoms with E-state index < -0.39 is 0 Å². The number of nitrogens with zero attached hydrogens (tertiary/aromatic N) is 1. The second-order valence-corrected chi connectivity index (χ2v) is 7.10. The maximum Gasteiger partial charge on any atom is 0.264 e. The van der Waals surface area contributed by atoms with E-state index >= 15 is 0 Å². The number of carbonyl (C=O) groups is 1. The maximum absolute atomic E-state index is 12.0. The summed E-state index contributed by atoms with van der Waals surface area (Å²) in [5.74, 6) is 0.354. The van der Waals surface area contributed by atoms with E-state index in [1.807, 2.05) is 43.3 Å². The van der Waals surface area contributed by atoms with Gasteiger partial charge in [-0.15, -0.1) is 0 Å². The van der Waals surface area contributed by atoms with Gasteiger partial charge in [-0.1, -0.05) is 24.3 Å². The van der Waals surface area contributed by atoms with Gasteiger partial charge in [-0.3, -0.25) is 15.0 Å². The molecule has 7 heteroatoms. The highest BCUT2D eigenvalue weighted by Gasteiger charge is 2.11. The monoisotopic (exact) mass is 399 g/mol. The number of hydrogen-bond acceptors (Lipinski definition) is 5. The molecule has 1 aliphatic heterocycles. The molecule has 0 unspecified atom stereocenters. The number of aryl methyl sites for hydroxylation is 1. The van der Waals surface area contributed by atoms with E-state index in [1.54, 1.807) is 0 Å². The number of nitrogens with one attached hydrogen (secondary N) is 2. The van der Waals surface area contributed by atoms with E-state index in [2.05, 4.69) is 27.7 Å². The minimum absolute atomic E-state index is 0.0935. The van der Waals surface area contributed by atoms with Crippen LogP contribution in [-0.4, -0.2) is 48.8 Å². The van der Waals surface area contributed by atoms with Gasteiger partial charge < -0.3 is 14.8 Å². The van der Waals surface area contributed by atoms with Crippen LogP contribution in [-0.2, 0) is 16.1 Å². The number of amides is 1. The van der Waals surface area contributed by atoms with Crippen LogP contribution in [0.2, 0.25) is 0 Å². The van der Waals surface area contributed by atoms with E-state index in [0.29, 0.717) is 5.75 Å². The molecule has 148 valence electrons. The quantitative estimate of drug-likeness (QED) is 0.729. The van der Waals surface area contributed by atoms with Gasteiger partial charge in [0.15, 0.2) is 11.7 Å². The average molecular weight is 400 g/mol. The third-order valence-corrected chi connectivity index (χ3v) is 4.54. The van der Waals surface area contributed by atoms with Crippen molar-refractivity contribution >= 4 is 28.9 Å². The number of carbonyl (C=O) groups excluding carboxylic acids is 1. The van der Waals surface area contributed by atoms with Crippen molar-refractivity contribution < 1.29 is 14.3 Å². The van der Waals surface area contributed by atoms with E-state index in [9.17, 15) is 4.79 Å². The van der Waals surface area contributed by atoms with Crippen LogP contribution in [0.15, 0.2) is 48.5 Å². The van der Waals surface area contributed by atoms with Gasteiger partial charge in [0.05, 0.1) is 13.2 Å². The number of rotatable bonds is 6. The van der Waals surface area contributed by atoms with Crippen LogP contribution in [0.3, 0.4) is 0 Å². The third-order valence-electron chi connectivity index (χ3n) is 4.33. The summed E-state index contributed by atoms with van der Waals surface area (Å²) in [6.07, 6.45) is 0. The minimum atomic E-state index is -0.303. The molecule has 1 aliphatic rings. The first-order valence-corrected chi connectivity index (χ1v) is 9.69. The molecule has 1 heterocycles. The molecule has 6 nitrogen and oxygen atoms in total. The Bertz CT molecular complexity index is 805. The van der Waals surface area contributed by atoms with Crippen LogP contribution >= 0.6 is 12.2 Å². The molecule has 0 spiro atoms. The first-order chi connectivity index (χ1) is 13.6. The predicted octanol–water partition coefficient (Wildman–Crippen LogP) is 2.72. The summed E-state index contributed by atoms with van der Waals surface area (Å²) in [6, 6.07) is 15.6. The number of benzene rings is 2. The molecule has 28 heavy (non-hydrogen) atoms. The lowest BCUT2D eigenvalue weighted by atomic mass is 10.2. The molecule has 3 rings (SSSR count). The maximum atomic E-state index is 12.0. The predicted molar refractivity (Wildman–Crippen MR) is 114 cm³/mol. The van der Waals surface area contributed by atoms with E-state index in [-0.39, 0.29) is 17.6 Å². The van der Waals surface area contributed by atoms with Crippen molar-refractivity contribution in [3.8, 4) is 5.75 Å². The molecule has 1 saturated heterocycles. The number of hydrogen-bond donors (Lipinski definition) is 2. The number of ether oxygens (including phenoxy) is 2. The van der Waals surface area contributed by atoms with Crippen molar-refractivity contribution in [2.45, 2.75) is 13.5 Å². The molecule has 2 aromatic rings. The van der Waals surface area contributed by atoms with E-state index in [1.165, 1.54) is 5.56 Å².